The van der Waals surface area contributed by atoms with Crippen molar-refractivity contribution in [1.82, 2.24) is 19.7 Å². The molecule has 0 saturated carbocycles. The number of rotatable bonds is 3. The zero-order valence-corrected chi connectivity index (χ0v) is 22.0. The van der Waals surface area contributed by atoms with Gasteiger partial charge >= 0.3 is 0 Å². The number of phenolic OH excluding ortho intramolecular Hbond substituents is 2. The lowest BCUT2D eigenvalue weighted by Gasteiger charge is -2.23. The molecule has 1 aliphatic heterocycles. The number of likely N-dealkylation sites (tertiary alicyclic amines) is 1. The van der Waals surface area contributed by atoms with Gasteiger partial charge in [-0.05, 0) is 87.0 Å². The van der Waals surface area contributed by atoms with E-state index in [4.69, 9.17) is 0 Å². The van der Waals surface area contributed by atoms with E-state index in [1.165, 1.54) is 32.0 Å². The molecule has 1 aliphatic carbocycles. The first-order valence-corrected chi connectivity index (χ1v) is 12.7. The highest BCUT2D eigenvalue weighted by Crippen LogP contribution is 2.36. The average molecular weight is 480 g/mol. The lowest BCUT2D eigenvalue weighted by molar-refractivity contribution is 0.242. The zero-order chi connectivity index (χ0) is 25.5. The molecule has 0 amide bonds. The van der Waals surface area contributed by atoms with Crippen molar-refractivity contribution in [3.8, 4) is 17.2 Å². The Bertz CT molecular complexity index is 1070. The van der Waals surface area contributed by atoms with E-state index < -0.39 is 0 Å². The van der Waals surface area contributed by atoms with E-state index in [0.29, 0.717) is 6.04 Å². The number of nitrogens with zero attached hydrogens (tertiary/aromatic N) is 4. The summed E-state index contributed by atoms with van der Waals surface area (Å²) in [6.07, 6.45) is 4.42. The Labute approximate surface area is 209 Å². The van der Waals surface area contributed by atoms with Gasteiger partial charge in [0.05, 0.1) is 0 Å². The SMILES string of the molecule is CC1CCN(C2Cc3cc(O)cc(O)c3C2)C1.CCC.CNc1ccc(-n2c(C)nnc2C)cc1. The van der Waals surface area contributed by atoms with Crippen molar-refractivity contribution in [3.63, 3.8) is 0 Å². The topological polar surface area (TPSA) is 86.4 Å². The van der Waals surface area contributed by atoms with E-state index in [0.717, 1.165) is 52.9 Å². The molecule has 5 rings (SSSR count). The van der Waals surface area contributed by atoms with Gasteiger partial charge in [-0.1, -0.05) is 27.2 Å². The van der Waals surface area contributed by atoms with Crippen molar-refractivity contribution in [1.29, 1.82) is 0 Å². The fraction of sp³-hybridized carbons (Fsp3) is 0.500. The highest BCUT2D eigenvalue weighted by atomic mass is 16.3. The number of aromatic hydroxyl groups is 2. The van der Waals surface area contributed by atoms with Crippen LogP contribution < -0.4 is 5.32 Å². The quantitative estimate of drug-likeness (QED) is 0.476. The Morgan fingerprint density at radius 1 is 1.00 bits per heavy atom. The number of phenols is 2. The molecule has 3 aromatic rings. The van der Waals surface area contributed by atoms with E-state index in [2.05, 4.69) is 53.3 Å². The molecule has 3 N–H and O–H groups in total. The summed E-state index contributed by atoms with van der Waals surface area (Å²) in [5.74, 6) is 3.04. The molecule has 0 spiro atoms. The molecule has 2 atom stereocenters. The van der Waals surface area contributed by atoms with E-state index >= 15 is 0 Å². The summed E-state index contributed by atoms with van der Waals surface area (Å²) < 4.78 is 2.03. The van der Waals surface area contributed by atoms with E-state index in [1.54, 1.807) is 6.07 Å². The number of benzene rings is 2. The fourth-order valence-electron chi connectivity index (χ4n) is 4.86. The lowest BCUT2D eigenvalue weighted by atomic mass is 10.1. The minimum atomic E-state index is 0.177. The van der Waals surface area contributed by atoms with Gasteiger partial charge in [0.1, 0.15) is 23.1 Å². The Balaban J connectivity index is 0.000000177. The normalized spacial score (nSPS) is 18.8. The Kier molecular flexibility index (Phi) is 9.15. The van der Waals surface area contributed by atoms with Gasteiger partial charge in [-0.25, -0.2) is 0 Å². The van der Waals surface area contributed by atoms with Gasteiger partial charge in [0, 0.05) is 37.1 Å². The summed E-state index contributed by atoms with van der Waals surface area (Å²) in [6, 6.07) is 11.9. The van der Waals surface area contributed by atoms with Gasteiger partial charge in [-0.15, -0.1) is 10.2 Å². The van der Waals surface area contributed by atoms with Crippen molar-refractivity contribution in [2.75, 3.05) is 25.5 Å². The molecule has 0 radical (unpaired) electrons. The van der Waals surface area contributed by atoms with Crippen molar-refractivity contribution >= 4 is 5.69 Å². The second-order valence-electron chi connectivity index (χ2n) is 9.69. The third-order valence-electron chi connectivity index (χ3n) is 6.57. The maximum absolute atomic E-state index is 9.85. The van der Waals surface area contributed by atoms with Crippen LogP contribution in [0.25, 0.3) is 5.69 Å². The second-order valence-corrected chi connectivity index (χ2v) is 9.69. The highest BCUT2D eigenvalue weighted by molar-refractivity contribution is 5.49. The molecule has 190 valence electrons. The van der Waals surface area contributed by atoms with Crippen LogP contribution in [0.1, 0.15) is 56.4 Å². The van der Waals surface area contributed by atoms with E-state index in [1.807, 2.05) is 37.6 Å². The van der Waals surface area contributed by atoms with Gasteiger partial charge in [-0.3, -0.25) is 9.47 Å². The third kappa shape index (κ3) is 6.54. The lowest BCUT2D eigenvalue weighted by Crippen LogP contribution is -2.33. The highest BCUT2D eigenvalue weighted by Gasteiger charge is 2.32. The molecule has 1 saturated heterocycles. The number of hydrogen-bond acceptors (Lipinski definition) is 6. The summed E-state index contributed by atoms with van der Waals surface area (Å²) in [7, 11) is 1.91. The number of hydrogen-bond donors (Lipinski definition) is 3. The van der Waals surface area contributed by atoms with Crippen LogP contribution in [0.15, 0.2) is 36.4 Å². The fourth-order valence-corrected chi connectivity index (χ4v) is 4.86. The molecule has 1 fully saturated rings. The first-order valence-electron chi connectivity index (χ1n) is 12.7. The van der Waals surface area contributed by atoms with Crippen LogP contribution in [0.4, 0.5) is 5.69 Å². The van der Waals surface area contributed by atoms with Gasteiger partial charge in [0.15, 0.2) is 0 Å². The molecule has 2 aliphatic rings. The summed E-state index contributed by atoms with van der Waals surface area (Å²) in [6.45, 7) is 12.8. The van der Waals surface area contributed by atoms with Gasteiger partial charge in [-0.2, -0.15) is 0 Å². The zero-order valence-electron chi connectivity index (χ0n) is 22.0. The number of anilines is 1. The number of aromatic nitrogens is 3. The molecular weight excluding hydrogens is 438 g/mol. The molecule has 0 bridgehead atoms. The molecule has 1 aromatic heterocycles. The molecule has 2 heterocycles. The van der Waals surface area contributed by atoms with Crippen LogP contribution in [0, 0.1) is 19.8 Å². The third-order valence-corrected chi connectivity index (χ3v) is 6.57. The Morgan fingerprint density at radius 3 is 2.17 bits per heavy atom. The first-order chi connectivity index (χ1) is 16.8. The maximum atomic E-state index is 9.85. The van der Waals surface area contributed by atoms with Crippen LogP contribution in [0.2, 0.25) is 0 Å². The minimum Gasteiger partial charge on any atom is -0.508 e. The second kappa shape index (κ2) is 12.1. The van der Waals surface area contributed by atoms with Gasteiger partial charge < -0.3 is 15.5 Å². The molecule has 2 unspecified atom stereocenters. The van der Waals surface area contributed by atoms with Crippen LogP contribution in [0.5, 0.6) is 11.5 Å². The molecule has 2 aromatic carbocycles. The summed E-state index contributed by atoms with van der Waals surface area (Å²) in [5.41, 5.74) is 4.34. The first kappa shape index (κ1) is 26.5. The van der Waals surface area contributed by atoms with Crippen molar-refractivity contribution in [2.24, 2.45) is 5.92 Å². The number of nitrogens with one attached hydrogen (secondary N) is 1. The predicted molar refractivity (Wildman–Crippen MR) is 143 cm³/mol. The average Bonchev–Trinajstić information content (AvgIpc) is 3.53. The molecule has 7 heteroatoms. The van der Waals surface area contributed by atoms with Gasteiger partial charge in [0.2, 0.25) is 0 Å². The van der Waals surface area contributed by atoms with Crippen molar-refractivity contribution in [3.05, 3.63) is 59.2 Å². The molecular formula is C28H41N5O2. The van der Waals surface area contributed by atoms with Crippen LogP contribution in [0.3, 0.4) is 0 Å². The van der Waals surface area contributed by atoms with Gasteiger partial charge in [0.25, 0.3) is 0 Å². The summed E-state index contributed by atoms with van der Waals surface area (Å²) in [5, 5.41) is 30.5. The van der Waals surface area contributed by atoms with Crippen molar-refractivity contribution in [2.45, 2.75) is 66.3 Å². The summed E-state index contributed by atoms with van der Waals surface area (Å²) in [4.78, 5) is 2.53. The van der Waals surface area contributed by atoms with E-state index in [9.17, 15) is 10.2 Å². The number of fused-ring (bicyclic) bond motifs is 1. The monoisotopic (exact) mass is 479 g/mol. The minimum absolute atomic E-state index is 0.177. The Hall–Kier alpha value is -3.06. The van der Waals surface area contributed by atoms with Crippen molar-refractivity contribution < 1.29 is 10.2 Å². The molecule has 35 heavy (non-hydrogen) atoms. The largest absolute Gasteiger partial charge is 0.508 e. The van der Waals surface area contributed by atoms with Crippen LogP contribution in [-0.4, -0.2) is 56.1 Å². The smallest absolute Gasteiger partial charge is 0.134 e. The summed E-state index contributed by atoms with van der Waals surface area (Å²) >= 11 is 0. The van der Waals surface area contributed by atoms with Crippen LogP contribution in [-0.2, 0) is 12.8 Å². The van der Waals surface area contributed by atoms with E-state index in [-0.39, 0.29) is 11.5 Å². The van der Waals surface area contributed by atoms with Crippen LogP contribution >= 0.6 is 0 Å². The predicted octanol–water partition coefficient (Wildman–Crippen LogP) is 5.25. The number of aryl methyl sites for hydroxylation is 2. The molecule has 7 nitrogen and oxygen atoms in total. The Morgan fingerprint density at radius 2 is 1.63 bits per heavy atom. The maximum Gasteiger partial charge on any atom is 0.134 e. The standard InChI is InChI=1S/C14H19NO2.C11H14N4.C3H8/c1-9-2-3-15(8-9)11-4-10-5-12(16)7-14(17)13(10)6-11;1-8-13-14-9(2)15(8)11-6-4-10(12-3)5-7-11;1-3-2/h5,7,9,11,16-17H,2-4,6,8H2,1H3;4-7,12H,1-3H3;3H2,1-2H3.